The number of rotatable bonds is 6. The molecule has 0 atom stereocenters. The smallest absolute Gasteiger partial charge is 0.246 e. The zero-order chi connectivity index (χ0) is 21.6. The first-order valence-electron chi connectivity index (χ1n) is 10.2. The minimum Gasteiger partial charge on any atom is -0.454 e. The molecular formula is C23H24ClN3O4. The Morgan fingerprint density at radius 1 is 1.06 bits per heavy atom. The number of nitrogens with zero attached hydrogens (tertiary/aromatic N) is 2. The third-order valence-corrected chi connectivity index (χ3v) is 5.53. The third kappa shape index (κ3) is 5.57. The molecule has 2 aromatic rings. The van der Waals surface area contributed by atoms with Crippen molar-refractivity contribution in [2.24, 2.45) is 0 Å². The maximum Gasteiger partial charge on any atom is 0.246 e. The van der Waals surface area contributed by atoms with E-state index in [1.807, 2.05) is 30.3 Å². The highest BCUT2D eigenvalue weighted by Gasteiger charge is 2.21. The molecule has 1 fully saturated rings. The number of halogens is 1. The largest absolute Gasteiger partial charge is 0.454 e. The van der Waals surface area contributed by atoms with Crippen molar-refractivity contribution in [1.82, 2.24) is 15.1 Å². The molecule has 1 saturated heterocycles. The second-order valence-electron chi connectivity index (χ2n) is 7.43. The molecular weight excluding hydrogens is 418 g/mol. The molecule has 2 amide bonds. The van der Waals surface area contributed by atoms with Crippen LogP contribution in [-0.4, -0.2) is 61.1 Å². The summed E-state index contributed by atoms with van der Waals surface area (Å²) in [5.41, 5.74) is 1.85. The van der Waals surface area contributed by atoms with Crippen molar-refractivity contribution in [2.45, 2.75) is 6.54 Å². The first-order chi connectivity index (χ1) is 15.1. The van der Waals surface area contributed by atoms with Crippen LogP contribution in [0.1, 0.15) is 11.1 Å². The first-order valence-corrected chi connectivity index (χ1v) is 10.6. The molecule has 0 radical (unpaired) electrons. The Morgan fingerprint density at radius 2 is 1.84 bits per heavy atom. The van der Waals surface area contributed by atoms with Crippen LogP contribution in [0.25, 0.3) is 6.08 Å². The molecule has 0 saturated carbocycles. The fourth-order valence-corrected chi connectivity index (χ4v) is 3.81. The topological polar surface area (TPSA) is 71.1 Å². The van der Waals surface area contributed by atoms with E-state index in [-0.39, 0.29) is 18.6 Å². The van der Waals surface area contributed by atoms with Crippen molar-refractivity contribution in [2.75, 3.05) is 39.5 Å². The standard InChI is InChI=1S/C23H24ClN3O4/c24-19-12-18(13-20-23(19)31-16-30-20)6-7-22(29)27-10-8-26(9-11-27)15-21(28)25-14-17-4-2-1-3-5-17/h1-7,12-13H,8-11,14-16H2,(H,25,28)/b7-6+. The van der Waals surface area contributed by atoms with Crippen molar-refractivity contribution in [3.8, 4) is 11.5 Å². The van der Waals surface area contributed by atoms with E-state index in [9.17, 15) is 9.59 Å². The average Bonchev–Trinajstić information content (AvgIpc) is 3.27. The van der Waals surface area contributed by atoms with Gasteiger partial charge in [-0.15, -0.1) is 0 Å². The number of ether oxygens (including phenoxy) is 2. The zero-order valence-corrected chi connectivity index (χ0v) is 17.8. The van der Waals surface area contributed by atoms with E-state index in [2.05, 4.69) is 10.2 Å². The molecule has 8 heteroatoms. The molecule has 0 aromatic heterocycles. The summed E-state index contributed by atoms with van der Waals surface area (Å²) in [5.74, 6) is 1.04. The summed E-state index contributed by atoms with van der Waals surface area (Å²) < 4.78 is 10.6. The van der Waals surface area contributed by atoms with Crippen LogP contribution in [0.2, 0.25) is 5.02 Å². The van der Waals surface area contributed by atoms with E-state index in [1.54, 1.807) is 23.1 Å². The molecule has 0 spiro atoms. The lowest BCUT2D eigenvalue weighted by Gasteiger charge is -2.33. The Hall–Kier alpha value is -3.03. The molecule has 2 aromatic carbocycles. The normalized spacial score (nSPS) is 16.0. The number of fused-ring (bicyclic) bond motifs is 1. The van der Waals surface area contributed by atoms with Crippen molar-refractivity contribution < 1.29 is 19.1 Å². The Balaban J connectivity index is 1.22. The van der Waals surface area contributed by atoms with E-state index in [0.717, 1.165) is 11.1 Å². The highest BCUT2D eigenvalue weighted by molar-refractivity contribution is 6.32. The molecule has 31 heavy (non-hydrogen) atoms. The molecule has 0 aliphatic carbocycles. The third-order valence-electron chi connectivity index (χ3n) is 5.25. The lowest BCUT2D eigenvalue weighted by Crippen LogP contribution is -2.50. The molecule has 162 valence electrons. The highest BCUT2D eigenvalue weighted by Crippen LogP contribution is 2.40. The lowest BCUT2D eigenvalue weighted by molar-refractivity contribution is -0.128. The van der Waals surface area contributed by atoms with E-state index in [1.165, 1.54) is 6.08 Å². The van der Waals surface area contributed by atoms with Crippen molar-refractivity contribution in [3.05, 3.63) is 64.7 Å². The molecule has 2 heterocycles. The molecule has 0 bridgehead atoms. The van der Waals surface area contributed by atoms with Gasteiger partial charge in [-0.1, -0.05) is 41.9 Å². The molecule has 2 aliphatic heterocycles. The van der Waals surface area contributed by atoms with Gasteiger partial charge in [0.1, 0.15) is 0 Å². The van der Waals surface area contributed by atoms with Crippen LogP contribution in [0.3, 0.4) is 0 Å². The first kappa shape index (κ1) is 21.2. The minimum absolute atomic E-state index is 0.0109. The quantitative estimate of drug-likeness (QED) is 0.697. The number of hydrogen-bond acceptors (Lipinski definition) is 5. The van der Waals surface area contributed by atoms with Gasteiger partial charge in [-0.2, -0.15) is 0 Å². The van der Waals surface area contributed by atoms with Crippen LogP contribution in [0.15, 0.2) is 48.5 Å². The van der Waals surface area contributed by atoms with E-state index in [0.29, 0.717) is 55.8 Å². The average molecular weight is 442 g/mol. The Labute approximate surface area is 186 Å². The zero-order valence-electron chi connectivity index (χ0n) is 17.1. The predicted octanol–water partition coefficient (Wildman–Crippen LogP) is 2.54. The Morgan fingerprint density at radius 3 is 2.61 bits per heavy atom. The van der Waals surface area contributed by atoms with Crippen LogP contribution in [-0.2, 0) is 16.1 Å². The van der Waals surface area contributed by atoms with Gasteiger partial charge in [0, 0.05) is 38.8 Å². The second-order valence-corrected chi connectivity index (χ2v) is 7.84. The Bertz CT molecular complexity index is 972. The number of carbonyl (C=O) groups is 2. The van der Waals surface area contributed by atoms with Gasteiger partial charge in [0.25, 0.3) is 0 Å². The van der Waals surface area contributed by atoms with Gasteiger partial charge in [0.2, 0.25) is 18.6 Å². The van der Waals surface area contributed by atoms with E-state index < -0.39 is 0 Å². The lowest BCUT2D eigenvalue weighted by atomic mass is 10.2. The van der Waals surface area contributed by atoms with Crippen molar-refractivity contribution >= 4 is 29.5 Å². The second kappa shape index (κ2) is 9.85. The van der Waals surface area contributed by atoms with Crippen LogP contribution < -0.4 is 14.8 Å². The van der Waals surface area contributed by atoms with Gasteiger partial charge in [0.15, 0.2) is 11.5 Å². The summed E-state index contributed by atoms with van der Waals surface area (Å²) in [7, 11) is 0. The van der Waals surface area contributed by atoms with Crippen LogP contribution in [0.5, 0.6) is 11.5 Å². The molecule has 0 unspecified atom stereocenters. The van der Waals surface area contributed by atoms with Crippen molar-refractivity contribution in [3.63, 3.8) is 0 Å². The molecule has 1 N–H and O–H groups in total. The fraction of sp³-hybridized carbons (Fsp3) is 0.304. The number of benzene rings is 2. The van der Waals surface area contributed by atoms with Crippen LogP contribution in [0, 0.1) is 0 Å². The van der Waals surface area contributed by atoms with Gasteiger partial charge in [-0.3, -0.25) is 14.5 Å². The SMILES string of the molecule is O=C(CN1CCN(C(=O)/C=C/c2cc(Cl)c3c(c2)OCO3)CC1)NCc1ccccc1. The number of nitrogens with one attached hydrogen (secondary N) is 1. The fourth-order valence-electron chi connectivity index (χ4n) is 3.54. The monoisotopic (exact) mass is 441 g/mol. The minimum atomic E-state index is -0.0676. The summed E-state index contributed by atoms with van der Waals surface area (Å²) in [6, 6.07) is 13.4. The molecule has 7 nitrogen and oxygen atoms in total. The summed E-state index contributed by atoms with van der Waals surface area (Å²) in [6.07, 6.45) is 3.26. The van der Waals surface area contributed by atoms with E-state index in [4.69, 9.17) is 21.1 Å². The molecule has 2 aliphatic rings. The maximum absolute atomic E-state index is 12.5. The maximum atomic E-state index is 12.5. The summed E-state index contributed by atoms with van der Waals surface area (Å²) in [6.45, 7) is 3.49. The predicted molar refractivity (Wildman–Crippen MR) is 118 cm³/mol. The van der Waals surface area contributed by atoms with Crippen LogP contribution >= 0.6 is 11.6 Å². The molecule has 4 rings (SSSR count). The van der Waals surface area contributed by atoms with E-state index >= 15 is 0 Å². The van der Waals surface area contributed by atoms with Gasteiger partial charge >= 0.3 is 0 Å². The van der Waals surface area contributed by atoms with Gasteiger partial charge in [0.05, 0.1) is 11.6 Å². The van der Waals surface area contributed by atoms with Crippen LogP contribution in [0.4, 0.5) is 0 Å². The summed E-state index contributed by atoms with van der Waals surface area (Å²) in [5, 5.41) is 3.40. The number of hydrogen-bond donors (Lipinski definition) is 1. The van der Waals surface area contributed by atoms with Gasteiger partial charge < -0.3 is 19.7 Å². The highest BCUT2D eigenvalue weighted by atomic mass is 35.5. The van der Waals surface area contributed by atoms with Gasteiger partial charge in [-0.05, 0) is 29.3 Å². The summed E-state index contributed by atoms with van der Waals surface area (Å²) >= 11 is 6.18. The summed E-state index contributed by atoms with van der Waals surface area (Å²) in [4.78, 5) is 28.6. The van der Waals surface area contributed by atoms with Crippen molar-refractivity contribution in [1.29, 1.82) is 0 Å². The number of piperazine rings is 1. The Kier molecular flexibility index (Phi) is 6.74. The number of amides is 2. The van der Waals surface area contributed by atoms with Gasteiger partial charge in [-0.25, -0.2) is 0 Å². The number of carbonyl (C=O) groups excluding carboxylic acids is 2.